The number of amides is 1. The molecule has 0 spiro atoms. The van der Waals surface area contributed by atoms with Crippen LogP contribution < -0.4 is 10.6 Å². The number of carbonyl (C=O) groups excluding carboxylic acids is 1. The number of ether oxygens (including phenoxy) is 3. The number of anilines is 1. The predicted octanol–water partition coefficient (Wildman–Crippen LogP) is 3.90. The highest BCUT2D eigenvalue weighted by atomic mass is 32.2. The number of rotatable bonds is 15. The molecule has 0 radical (unpaired) electrons. The monoisotopic (exact) mass is 628 g/mol. The van der Waals surface area contributed by atoms with Crippen LogP contribution in [0.4, 0.5) is 10.5 Å². The van der Waals surface area contributed by atoms with Gasteiger partial charge in [0.1, 0.15) is 6.10 Å². The molecule has 1 amide bonds. The Morgan fingerprint density at radius 1 is 1.20 bits per heavy atom. The number of carbonyl (C=O) groups is 1. The van der Waals surface area contributed by atoms with Crippen molar-refractivity contribution < 1.29 is 32.5 Å². The molecule has 5 atom stereocenters. The van der Waals surface area contributed by atoms with Crippen LogP contribution in [0.25, 0.3) is 0 Å². The standard InChI is InChI=1S/C32H44N4O7S/c1-4-34-24-12-8-13-25(19-24)44(39,40)36(22-32(2,3)15-9-16-33)20-28(37)27(18-23-10-6-5-7-11-23)35-31(38)43-29-21-42-30-26(29)14-17-41-30/h5-8,10-13,19,26-30,34,37H,4,9,14-15,17-18,20-22H2,1-3H3,(H,35,38)/t26-,27?,28?,29-,30+/m0/s1. The van der Waals surface area contributed by atoms with Crippen molar-refractivity contribution in [1.82, 2.24) is 9.62 Å². The number of hydrogen-bond acceptors (Lipinski definition) is 9. The Morgan fingerprint density at radius 2 is 1.98 bits per heavy atom. The highest BCUT2D eigenvalue weighted by Gasteiger charge is 2.44. The maximum atomic E-state index is 14.1. The minimum atomic E-state index is -4.08. The van der Waals surface area contributed by atoms with Crippen molar-refractivity contribution in [2.45, 2.75) is 75.9 Å². The van der Waals surface area contributed by atoms with Crippen molar-refractivity contribution in [1.29, 1.82) is 5.26 Å². The number of hydrogen-bond donors (Lipinski definition) is 3. The van der Waals surface area contributed by atoms with Gasteiger partial charge in [0.05, 0.1) is 42.2 Å². The fourth-order valence-electron chi connectivity index (χ4n) is 5.68. The number of sulfonamides is 1. The van der Waals surface area contributed by atoms with E-state index in [2.05, 4.69) is 16.7 Å². The zero-order valence-electron chi connectivity index (χ0n) is 25.6. The molecule has 44 heavy (non-hydrogen) atoms. The highest BCUT2D eigenvalue weighted by molar-refractivity contribution is 7.89. The van der Waals surface area contributed by atoms with Gasteiger partial charge in [0, 0.05) is 31.7 Å². The summed E-state index contributed by atoms with van der Waals surface area (Å²) in [4.78, 5) is 13.2. The third-order valence-corrected chi connectivity index (χ3v) is 9.88. The normalized spacial score (nSPS) is 21.3. The number of nitriles is 1. The lowest BCUT2D eigenvalue weighted by Crippen LogP contribution is -2.52. The summed E-state index contributed by atoms with van der Waals surface area (Å²) in [6, 6.07) is 17.2. The van der Waals surface area contributed by atoms with E-state index in [1.54, 1.807) is 18.2 Å². The zero-order valence-corrected chi connectivity index (χ0v) is 26.5. The van der Waals surface area contributed by atoms with E-state index in [9.17, 15) is 23.6 Å². The van der Waals surface area contributed by atoms with E-state index >= 15 is 0 Å². The molecule has 4 rings (SSSR count). The Morgan fingerprint density at radius 3 is 2.70 bits per heavy atom. The molecule has 2 fully saturated rings. The van der Waals surface area contributed by atoms with Gasteiger partial charge in [-0.15, -0.1) is 0 Å². The summed E-state index contributed by atoms with van der Waals surface area (Å²) < 4.78 is 46.3. The lowest BCUT2D eigenvalue weighted by molar-refractivity contribution is -0.0907. The van der Waals surface area contributed by atoms with Gasteiger partial charge >= 0.3 is 6.09 Å². The first-order valence-electron chi connectivity index (χ1n) is 15.2. The SMILES string of the molecule is CCNc1cccc(S(=O)(=O)N(CC(O)C(Cc2ccccc2)NC(=O)O[C@H]2CO[C@H]3OCC[C@H]32)CC(C)(C)CCC#N)c1. The van der Waals surface area contributed by atoms with Gasteiger partial charge in [-0.1, -0.05) is 50.2 Å². The van der Waals surface area contributed by atoms with Crippen molar-refractivity contribution in [3.8, 4) is 6.07 Å². The molecular weight excluding hydrogens is 584 g/mol. The second-order valence-corrected chi connectivity index (χ2v) is 14.1. The highest BCUT2D eigenvalue weighted by Crippen LogP contribution is 2.33. The van der Waals surface area contributed by atoms with Crippen LogP contribution >= 0.6 is 0 Å². The lowest BCUT2D eigenvalue weighted by Gasteiger charge is -2.35. The quantitative estimate of drug-likeness (QED) is 0.267. The number of benzene rings is 2. The van der Waals surface area contributed by atoms with Gasteiger partial charge in [-0.05, 0) is 55.4 Å². The molecule has 2 aromatic carbocycles. The minimum absolute atomic E-state index is 0.0486. The number of aliphatic hydroxyl groups is 1. The van der Waals surface area contributed by atoms with Crippen LogP contribution in [-0.2, 0) is 30.7 Å². The van der Waals surface area contributed by atoms with Crippen molar-refractivity contribution in [2.24, 2.45) is 11.3 Å². The molecule has 2 aliphatic heterocycles. The molecule has 11 nitrogen and oxygen atoms in total. The second-order valence-electron chi connectivity index (χ2n) is 12.2. The maximum absolute atomic E-state index is 14.1. The first-order chi connectivity index (χ1) is 21.0. The Bertz CT molecular complexity index is 1380. The van der Waals surface area contributed by atoms with Gasteiger partial charge in [-0.3, -0.25) is 0 Å². The Kier molecular flexibility index (Phi) is 11.6. The molecule has 3 N–H and O–H groups in total. The van der Waals surface area contributed by atoms with E-state index in [1.807, 2.05) is 51.1 Å². The molecule has 0 bridgehead atoms. The van der Waals surface area contributed by atoms with Gasteiger partial charge in [-0.25, -0.2) is 13.2 Å². The minimum Gasteiger partial charge on any atom is -0.443 e. The molecule has 2 unspecified atom stereocenters. The summed E-state index contributed by atoms with van der Waals surface area (Å²) in [5.41, 5.74) is 0.952. The molecule has 2 saturated heterocycles. The molecular formula is C32H44N4O7S. The van der Waals surface area contributed by atoms with E-state index in [0.29, 0.717) is 25.3 Å². The van der Waals surface area contributed by atoms with Gasteiger partial charge in [0.2, 0.25) is 10.0 Å². The zero-order chi connectivity index (χ0) is 31.7. The predicted molar refractivity (Wildman–Crippen MR) is 165 cm³/mol. The van der Waals surface area contributed by atoms with Crippen molar-refractivity contribution in [2.75, 3.05) is 38.2 Å². The Balaban J connectivity index is 1.58. The molecule has 0 aliphatic carbocycles. The number of nitrogens with zero attached hydrogens (tertiary/aromatic N) is 2. The number of fused-ring (bicyclic) bond motifs is 1. The number of alkyl carbamates (subject to hydrolysis) is 1. The van der Waals surface area contributed by atoms with Gasteiger partial charge in [0.25, 0.3) is 0 Å². The van der Waals surface area contributed by atoms with Crippen molar-refractivity contribution in [3.05, 3.63) is 60.2 Å². The van der Waals surface area contributed by atoms with Gasteiger partial charge in [-0.2, -0.15) is 9.57 Å². The summed E-state index contributed by atoms with van der Waals surface area (Å²) in [5, 5.41) is 26.8. The second kappa shape index (κ2) is 15.2. The molecule has 12 heteroatoms. The first kappa shape index (κ1) is 33.7. The smallest absolute Gasteiger partial charge is 0.407 e. The summed E-state index contributed by atoms with van der Waals surface area (Å²) in [6.07, 6.45) is -1.15. The topological polar surface area (TPSA) is 150 Å². The van der Waals surface area contributed by atoms with E-state index in [0.717, 1.165) is 12.0 Å². The molecule has 0 saturated carbocycles. The van der Waals surface area contributed by atoms with Gasteiger partial charge < -0.3 is 30.0 Å². The third-order valence-electron chi connectivity index (χ3n) is 8.07. The molecule has 2 aromatic rings. The number of aliphatic hydroxyl groups excluding tert-OH is 1. The average molecular weight is 629 g/mol. The molecule has 2 heterocycles. The van der Waals surface area contributed by atoms with Crippen LogP contribution in [0, 0.1) is 22.7 Å². The van der Waals surface area contributed by atoms with E-state index < -0.39 is 39.8 Å². The summed E-state index contributed by atoms with van der Waals surface area (Å²) >= 11 is 0. The van der Waals surface area contributed by atoms with Crippen LogP contribution in [0.2, 0.25) is 0 Å². The molecule has 2 aliphatic rings. The van der Waals surface area contributed by atoms with Crippen molar-refractivity contribution >= 4 is 21.8 Å². The molecule has 0 aromatic heterocycles. The lowest BCUT2D eigenvalue weighted by atomic mass is 9.88. The van der Waals surface area contributed by atoms with Crippen LogP contribution in [0.15, 0.2) is 59.5 Å². The average Bonchev–Trinajstić information content (AvgIpc) is 3.61. The fourth-order valence-corrected chi connectivity index (χ4v) is 7.37. The van der Waals surface area contributed by atoms with Crippen LogP contribution in [0.3, 0.4) is 0 Å². The summed E-state index contributed by atoms with van der Waals surface area (Å²) in [7, 11) is -4.08. The third kappa shape index (κ3) is 8.92. The maximum Gasteiger partial charge on any atom is 0.407 e. The fraction of sp³-hybridized carbons (Fsp3) is 0.562. The Labute approximate surface area is 260 Å². The van der Waals surface area contributed by atoms with E-state index in [1.165, 1.54) is 10.4 Å². The van der Waals surface area contributed by atoms with E-state index in [-0.39, 0.29) is 49.6 Å². The largest absolute Gasteiger partial charge is 0.443 e. The Hall–Kier alpha value is -3.21. The number of nitrogens with one attached hydrogen (secondary N) is 2. The van der Waals surface area contributed by atoms with Gasteiger partial charge in [0.15, 0.2) is 6.29 Å². The van der Waals surface area contributed by atoms with Crippen LogP contribution in [-0.4, -0.2) is 81.3 Å². The van der Waals surface area contributed by atoms with E-state index in [4.69, 9.17) is 14.2 Å². The first-order valence-corrected chi connectivity index (χ1v) is 16.6. The summed E-state index contributed by atoms with van der Waals surface area (Å²) in [6.45, 7) is 6.88. The van der Waals surface area contributed by atoms with Crippen molar-refractivity contribution in [3.63, 3.8) is 0 Å². The molecule has 240 valence electrons. The van der Waals surface area contributed by atoms with Crippen LogP contribution in [0.5, 0.6) is 0 Å². The van der Waals surface area contributed by atoms with Crippen LogP contribution in [0.1, 0.15) is 45.6 Å². The summed E-state index contributed by atoms with van der Waals surface area (Å²) in [5.74, 6) is -0.0486.